The molecule has 8 aromatic carbocycles. The summed E-state index contributed by atoms with van der Waals surface area (Å²) in [7, 11) is 0. The number of anilines is 6. The predicted octanol–water partition coefficient (Wildman–Crippen LogP) is 18.0. The zero-order chi connectivity index (χ0) is 42.8. The summed E-state index contributed by atoms with van der Waals surface area (Å²) in [4.78, 5) is 6.13. The van der Waals surface area contributed by atoms with E-state index in [-0.39, 0.29) is 10.8 Å². The molecule has 0 atom stereocenters. The zero-order valence-corrected chi connectivity index (χ0v) is 38.0. The number of benzene rings is 8. The fourth-order valence-corrected chi connectivity index (χ4v) is 12.3. The van der Waals surface area contributed by atoms with E-state index in [2.05, 4.69) is 232 Å². The minimum Gasteiger partial charge on any atom is -0.310 e. The third-order valence-corrected chi connectivity index (χ3v) is 15.3. The Kier molecular flexibility index (Phi) is 8.41. The molecule has 4 aromatic heterocycles. The van der Waals surface area contributed by atoms with Crippen molar-refractivity contribution in [3.05, 3.63) is 187 Å². The molecule has 3 nitrogen and oxygen atoms in total. The molecule has 12 aromatic rings. The summed E-state index contributed by atoms with van der Waals surface area (Å²) < 4.78 is 6.55. The van der Waals surface area contributed by atoms with E-state index in [0.29, 0.717) is 0 Å². The number of rotatable bonds is 6. The van der Waals surface area contributed by atoms with E-state index in [9.17, 15) is 0 Å². The maximum absolute atomic E-state index is 2.62. The largest absolute Gasteiger partial charge is 0.310 e. The molecule has 0 unspecified atom stereocenters. The van der Waals surface area contributed by atoms with E-state index in [1.54, 1.807) is 0 Å². The maximum atomic E-state index is 2.62. The van der Waals surface area contributed by atoms with Crippen molar-refractivity contribution in [1.29, 1.82) is 0 Å². The second kappa shape index (κ2) is 13.9. The van der Waals surface area contributed by atoms with E-state index in [1.807, 2.05) is 22.7 Å². The van der Waals surface area contributed by atoms with Crippen LogP contribution in [0.3, 0.4) is 0 Å². The van der Waals surface area contributed by atoms with Crippen molar-refractivity contribution in [3.63, 3.8) is 0 Å². The van der Waals surface area contributed by atoms with Crippen LogP contribution in [0.5, 0.6) is 0 Å². The number of hydrogen-bond donors (Lipinski definition) is 0. The molecule has 0 saturated heterocycles. The lowest BCUT2D eigenvalue weighted by molar-refractivity contribution is 0.590. The molecule has 0 radical (unpaired) electrons. The molecular formula is C58H47N3S2. The first-order valence-corrected chi connectivity index (χ1v) is 23.6. The van der Waals surface area contributed by atoms with Gasteiger partial charge in [-0.15, -0.1) is 22.7 Å². The number of aromatic nitrogens is 1. The molecule has 0 aliphatic carbocycles. The number of para-hydroxylation sites is 2. The molecule has 0 N–H and O–H groups in total. The third kappa shape index (κ3) is 5.97. The van der Waals surface area contributed by atoms with Gasteiger partial charge in [0.05, 0.1) is 15.7 Å². The molecule has 0 bridgehead atoms. The molecule has 0 saturated carbocycles. The van der Waals surface area contributed by atoms with Gasteiger partial charge in [0, 0.05) is 70.5 Å². The minimum atomic E-state index is 0.0349. The lowest BCUT2D eigenvalue weighted by Crippen LogP contribution is -2.14. The summed E-state index contributed by atoms with van der Waals surface area (Å²) in [5.74, 6) is 0. The van der Waals surface area contributed by atoms with Crippen molar-refractivity contribution < 1.29 is 0 Å². The molecule has 4 heterocycles. The van der Waals surface area contributed by atoms with Crippen molar-refractivity contribution in [3.8, 4) is 0 Å². The van der Waals surface area contributed by atoms with Gasteiger partial charge in [0.1, 0.15) is 4.83 Å². The van der Waals surface area contributed by atoms with E-state index in [4.69, 9.17) is 0 Å². The lowest BCUT2D eigenvalue weighted by atomic mass is 9.87. The van der Waals surface area contributed by atoms with Crippen molar-refractivity contribution in [2.45, 2.75) is 52.4 Å². The third-order valence-electron chi connectivity index (χ3n) is 13.0. The van der Waals surface area contributed by atoms with Crippen LogP contribution in [0.4, 0.5) is 34.1 Å². The van der Waals surface area contributed by atoms with Crippen molar-refractivity contribution >= 4 is 124 Å². The van der Waals surface area contributed by atoms with Crippen LogP contribution >= 0.6 is 22.7 Å². The summed E-state index contributed by atoms with van der Waals surface area (Å²) in [6.45, 7) is 13.7. The minimum absolute atomic E-state index is 0.0349. The quantitative estimate of drug-likeness (QED) is 0.165. The summed E-state index contributed by atoms with van der Waals surface area (Å²) in [6, 6.07) is 65.4. The Morgan fingerprint density at radius 2 is 0.889 bits per heavy atom. The average molecular weight is 850 g/mol. The van der Waals surface area contributed by atoms with E-state index in [0.717, 1.165) is 22.7 Å². The van der Waals surface area contributed by atoms with Gasteiger partial charge in [0.15, 0.2) is 0 Å². The second-order valence-corrected chi connectivity index (χ2v) is 21.2. The van der Waals surface area contributed by atoms with Crippen molar-refractivity contribution in [1.82, 2.24) is 4.40 Å². The average Bonchev–Trinajstić information content (AvgIpc) is 4.02. The predicted molar refractivity (Wildman–Crippen MR) is 276 cm³/mol. The van der Waals surface area contributed by atoms with Crippen LogP contribution in [0, 0.1) is 0 Å². The molecule has 0 aliphatic rings. The standard InChI is InChI=1S/C58H47N3S2/c1-57(2,3)37-18-15-24-41(32-37)59(39-20-9-7-10-21-39)43-27-29-46-49(34-43)63-56-52(46)51-45-26-14-13-17-36(45)31-48-53(51)61(56)54-47-30-28-44(35-50(47)62-55(48)54)60(40-22-11-8-12-23-40)42-25-16-19-38(33-42)58(4,5)6/h7-35H,1-6H3. The van der Waals surface area contributed by atoms with Crippen LogP contribution in [0.15, 0.2) is 176 Å². The Balaban J connectivity index is 1.09. The summed E-state index contributed by atoms with van der Waals surface area (Å²) in [5.41, 5.74) is 12.3. The lowest BCUT2D eigenvalue weighted by Gasteiger charge is -2.28. The Hall–Kier alpha value is -6.66. The maximum Gasteiger partial charge on any atom is 0.109 e. The zero-order valence-electron chi connectivity index (χ0n) is 36.4. The molecule has 0 aliphatic heterocycles. The van der Waals surface area contributed by atoms with Gasteiger partial charge in [-0.3, -0.25) is 4.40 Å². The smallest absolute Gasteiger partial charge is 0.109 e. The van der Waals surface area contributed by atoms with Crippen LogP contribution in [0.25, 0.3) is 67.7 Å². The van der Waals surface area contributed by atoms with Gasteiger partial charge >= 0.3 is 0 Å². The van der Waals surface area contributed by atoms with E-state index < -0.39 is 0 Å². The Labute approximate surface area is 376 Å². The second-order valence-electron chi connectivity index (χ2n) is 19.1. The molecule has 12 rings (SSSR count). The summed E-state index contributed by atoms with van der Waals surface area (Å²) in [6.07, 6.45) is 0. The highest BCUT2D eigenvalue weighted by Gasteiger charge is 2.27. The number of nitrogens with zero attached hydrogens (tertiary/aromatic N) is 3. The topological polar surface area (TPSA) is 10.9 Å². The van der Waals surface area contributed by atoms with Crippen LogP contribution < -0.4 is 9.80 Å². The Morgan fingerprint density at radius 1 is 0.381 bits per heavy atom. The normalized spacial score (nSPS) is 12.6. The number of thiophene rings is 2. The van der Waals surface area contributed by atoms with Gasteiger partial charge in [-0.25, -0.2) is 0 Å². The van der Waals surface area contributed by atoms with Gasteiger partial charge in [-0.2, -0.15) is 0 Å². The summed E-state index contributed by atoms with van der Waals surface area (Å²) in [5, 5.41) is 9.24. The van der Waals surface area contributed by atoms with Gasteiger partial charge in [0.2, 0.25) is 0 Å². The molecule has 306 valence electrons. The van der Waals surface area contributed by atoms with Crippen LogP contribution in [-0.2, 0) is 10.8 Å². The van der Waals surface area contributed by atoms with E-state index in [1.165, 1.54) is 90.2 Å². The molecular weight excluding hydrogens is 803 g/mol. The SMILES string of the molecule is CC(C)(C)c1cccc(N(c2ccccc2)c2ccc3c(c2)sc2c3c3c4ccccc4cc4c5sc6cc(N(c7ccccc7)c7cccc(C(C)(C)C)c7)ccc6c5n2c43)c1. The molecule has 5 heteroatoms. The fraction of sp³-hybridized carbons (Fsp3) is 0.138. The highest BCUT2D eigenvalue weighted by Crippen LogP contribution is 2.53. The molecule has 0 spiro atoms. The van der Waals surface area contributed by atoms with Gasteiger partial charge in [-0.05, 0) is 118 Å². The first kappa shape index (κ1) is 38.0. The van der Waals surface area contributed by atoms with Gasteiger partial charge in [0.25, 0.3) is 0 Å². The number of hydrogen-bond acceptors (Lipinski definition) is 4. The first-order valence-electron chi connectivity index (χ1n) is 21.9. The fourth-order valence-electron chi connectivity index (χ4n) is 9.81. The first-order chi connectivity index (χ1) is 30.5. The van der Waals surface area contributed by atoms with Gasteiger partial charge in [-0.1, -0.05) is 133 Å². The summed E-state index contributed by atoms with van der Waals surface area (Å²) >= 11 is 3.85. The molecule has 0 fully saturated rings. The van der Waals surface area contributed by atoms with Crippen LogP contribution in [0.1, 0.15) is 52.7 Å². The Bertz CT molecular complexity index is 3710. The van der Waals surface area contributed by atoms with Gasteiger partial charge < -0.3 is 9.80 Å². The number of fused-ring (bicyclic) bond motifs is 12. The monoisotopic (exact) mass is 849 g/mol. The Morgan fingerprint density at radius 3 is 1.48 bits per heavy atom. The molecule has 63 heavy (non-hydrogen) atoms. The molecule has 0 amide bonds. The van der Waals surface area contributed by atoms with Crippen molar-refractivity contribution in [2.75, 3.05) is 9.80 Å². The highest BCUT2D eigenvalue weighted by atomic mass is 32.1. The van der Waals surface area contributed by atoms with E-state index >= 15 is 0 Å². The van der Waals surface area contributed by atoms with Crippen LogP contribution in [-0.4, -0.2) is 4.40 Å². The highest BCUT2D eigenvalue weighted by molar-refractivity contribution is 7.27. The van der Waals surface area contributed by atoms with Crippen molar-refractivity contribution in [2.24, 2.45) is 0 Å². The van der Waals surface area contributed by atoms with Crippen LogP contribution in [0.2, 0.25) is 0 Å².